The van der Waals surface area contributed by atoms with E-state index < -0.39 is 0 Å². The zero-order valence-electron chi connectivity index (χ0n) is 16.9. The normalized spacial score (nSPS) is 15.6. The molecule has 2 aromatic heterocycles. The lowest BCUT2D eigenvalue weighted by Crippen LogP contribution is -2.21. The predicted molar refractivity (Wildman–Crippen MR) is 118 cm³/mol. The highest BCUT2D eigenvalue weighted by atomic mass is 32.2. The van der Waals surface area contributed by atoms with Crippen molar-refractivity contribution in [2.75, 3.05) is 7.11 Å². The van der Waals surface area contributed by atoms with Gasteiger partial charge in [0.15, 0.2) is 0 Å². The van der Waals surface area contributed by atoms with Crippen molar-refractivity contribution < 1.29 is 4.74 Å². The number of fused-ring (bicyclic) bond motifs is 1. The summed E-state index contributed by atoms with van der Waals surface area (Å²) in [5.41, 5.74) is 4.87. The average Bonchev–Trinajstić information content (AvgIpc) is 3.36. The maximum absolute atomic E-state index is 5.27. The summed E-state index contributed by atoms with van der Waals surface area (Å²) in [5.74, 6) is 1.45. The van der Waals surface area contributed by atoms with Gasteiger partial charge in [0.25, 0.3) is 0 Å². The van der Waals surface area contributed by atoms with E-state index in [1.807, 2.05) is 60.3 Å². The summed E-state index contributed by atoms with van der Waals surface area (Å²) in [6.45, 7) is 2.12. The molecule has 2 aromatic carbocycles. The van der Waals surface area contributed by atoms with Crippen LogP contribution in [0.15, 0.2) is 70.9 Å². The number of methoxy groups -OCH3 is 1. The van der Waals surface area contributed by atoms with Gasteiger partial charge in [0.2, 0.25) is 11.0 Å². The number of aromatic nitrogens is 5. The van der Waals surface area contributed by atoms with E-state index in [9.17, 15) is 0 Å². The van der Waals surface area contributed by atoms with E-state index in [1.54, 1.807) is 23.5 Å². The molecule has 0 saturated carbocycles. The summed E-state index contributed by atoms with van der Waals surface area (Å²) in [7, 11) is 3.60. The van der Waals surface area contributed by atoms with Crippen molar-refractivity contribution in [2.45, 2.75) is 17.3 Å². The summed E-state index contributed by atoms with van der Waals surface area (Å²) >= 11 is 1.64. The number of hydrogen-bond donors (Lipinski definition) is 0. The molecule has 0 saturated heterocycles. The van der Waals surface area contributed by atoms with E-state index in [0.717, 1.165) is 39.1 Å². The summed E-state index contributed by atoms with van der Waals surface area (Å²) in [6.07, 6.45) is 0. The van der Waals surface area contributed by atoms with Crippen molar-refractivity contribution in [3.05, 3.63) is 66.2 Å². The highest BCUT2D eigenvalue weighted by molar-refractivity contribution is 8.00. The zero-order chi connectivity index (χ0) is 20.7. The quantitative estimate of drug-likeness (QED) is 0.501. The smallest absolute Gasteiger partial charge is 0.213 e. The molecule has 0 aliphatic carbocycles. The second-order valence-corrected chi connectivity index (χ2v) is 8.30. The fourth-order valence-corrected chi connectivity index (χ4v) is 4.43. The van der Waals surface area contributed by atoms with Crippen LogP contribution < -0.4 is 4.74 Å². The second-order valence-electron chi connectivity index (χ2n) is 7.00. The van der Waals surface area contributed by atoms with Gasteiger partial charge >= 0.3 is 0 Å². The lowest BCUT2D eigenvalue weighted by Gasteiger charge is -2.19. The van der Waals surface area contributed by atoms with Crippen molar-refractivity contribution in [1.29, 1.82) is 0 Å². The van der Waals surface area contributed by atoms with Crippen LogP contribution in [-0.2, 0) is 7.05 Å². The standard InChI is InChI=1S/C22H20N6OS/c1-14-20(16-9-11-17(29-3)12-10-16)26-28-21(23-24-22(28)30-14)18-13-19(27(2)25-18)15-7-5-4-6-8-15/h4-14H,1-3H3. The average molecular weight is 417 g/mol. The minimum atomic E-state index is 0.159. The van der Waals surface area contributed by atoms with E-state index in [4.69, 9.17) is 9.84 Å². The predicted octanol–water partition coefficient (Wildman–Crippen LogP) is 4.10. The van der Waals surface area contributed by atoms with E-state index in [2.05, 4.69) is 34.4 Å². The van der Waals surface area contributed by atoms with Crippen LogP contribution in [0.25, 0.3) is 22.8 Å². The number of hydrogen-bond acceptors (Lipinski definition) is 6. The molecule has 0 bridgehead atoms. The Kier molecular flexibility index (Phi) is 4.63. The maximum Gasteiger partial charge on any atom is 0.213 e. The molecule has 150 valence electrons. The number of aryl methyl sites for hydroxylation is 1. The minimum Gasteiger partial charge on any atom is -0.497 e. The third-order valence-corrected chi connectivity index (χ3v) is 6.09. The SMILES string of the molecule is COc1ccc(C2=Nn3c(nnc3-c3cc(-c4ccccc4)n(C)n3)SC2C)cc1. The summed E-state index contributed by atoms with van der Waals surface area (Å²) in [5, 5.41) is 19.2. The van der Waals surface area contributed by atoms with Gasteiger partial charge in [0, 0.05) is 7.05 Å². The first-order valence-electron chi connectivity index (χ1n) is 9.59. The Morgan fingerprint density at radius 1 is 0.967 bits per heavy atom. The molecule has 8 heteroatoms. The molecular weight excluding hydrogens is 396 g/mol. The van der Waals surface area contributed by atoms with E-state index in [0.29, 0.717) is 5.82 Å². The van der Waals surface area contributed by atoms with Crippen LogP contribution in [0.4, 0.5) is 0 Å². The Morgan fingerprint density at radius 2 is 1.73 bits per heavy atom. The molecule has 1 unspecified atom stereocenters. The summed E-state index contributed by atoms with van der Waals surface area (Å²) in [4.78, 5) is 0. The Labute approximate surface area is 178 Å². The van der Waals surface area contributed by atoms with Crippen molar-refractivity contribution in [2.24, 2.45) is 12.1 Å². The van der Waals surface area contributed by atoms with Gasteiger partial charge in [-0.25, -0.2) is 0 Å². The molecule has 1 aliphatic heterocycles. The molecule has 1 atom stereocenters. The lowest BCUT2D eigenvalue weighted by atomic mass is 10.1. The van der Waals surface area contributed by atoms with Gasteiger partial charge in [0.05, 0.1) is 23.8 Å². The van der Waals surface area contributed by atoms with Crippen molar-refractivity contribution in [3.63, 3.8) is 0 Å². The molecule has 0 radical (unpaired) electrons. The Balaban J connectivity index is 1.56. The third kappa shape index (κ3) is 3.19. The van der Waals surface area contributed by atoms with Crippen LogP contribution in [0, 0.1) is 0 Å². The first-order chi connectivity index (χ1) is 14.6. The second kappa shape index (κ2) is 7.46. The minimum absolute atomic E-state index is 0.159. The van der Waals surface area contributed by atoms with Crippen molar-refractivity contribution >= 4 is 17.5 Å². The molecule has 0 amide bonds. The third-order valence-electron chi connectivity index (χ3n) is 5.05. The summed E-state index contributed by atoms with van der Waals surface area (Å²) in [6, 6.07) is 20.1. The molecule has 0 spiro atoms. The molecule has 3 heterocycles. The van der Waals surface area contributed by atoms with E-state index in [-0.39, 0.29) is 5.25 Å². The largest absolute Gasteiger partial charge is 0.497 e. The Hall–Kier alpha value is -3.39. The number of benzene rings is 2. The monoisotopic (exact) mass is 416 g/mol. The number of rotatable bonds is 4. The highest BCUT2D eigenvalue weighted by Crippen LogP contribution is 2.33. The van der Waals surface area contributed by atoms with Crippen LogP contribution in [-0.4, -0.2) is 42.7 Å². The van der Waals surface area contributed by atoms with Gasteiger partial charge in [-0.1, -0.05) is 42.1 Å². The van der Waals surface area contributed by atoms with Crippen LogP contribution in [0.2, 0.25) is 0 Å². The number of nitrogens with zero attached hydrogens (tertiary/aromatic N) is 6. The summed E-state index contributed by atoms with van der Waals surface area (Å²) < 4.78 is 8.93. The first kappa shape index (κ1) is 18.6. The van der Waals surface area contributed by atoms with Crippen LogP contribution in [0.1, 0.15) is 12.5 Å². The lowest BCUT2D eigenvalue weighted by molar-refractivity contribution is 0.415. The number of thioether (sulfide) groups is 1. The van der Waals surface area contributed by atoms with Gasteiger partial charge in [-0.05, 0) is 48.4 Å². The molecule has 30 heavy (non-hydrogen) atoms. The first-order valence-corrected chi connectivity index (χ1v) is 10.5. The molecule has 0 N–H and O–H groups in total. The highest BCUT2D eigenvalue weighted by Gasteiger charge is 2.27. The Bertz CT molecular complexity index is 1230. The zero-order valence-corrected chi connectivity index (χ0v) is 17.7. The van der Waals surface area contributed by atoms with Gasteiger partial charge in [-0.15, -0.1) is 10.2 Å². The van der Waals surface area contributed by atoms with Gasteiger partial charge < -0.3 is 4.74 Å². The van der Waals surface area contributed by atoms with Crippen LogP contribution >= 0.6 is 11.8 Å². The molecule has 0 fully saturated rings. The van der Waals surface area contributed by atoms with Crippen molar-refractivity contribution in [1.82, 2.24) is 24.7 Å². The van der Waals surface area contributed by atoms with E-state index >= 15 is 0 Å². The van der Waals surface area contributed by atoms with Crippen LogP contribution in [0.3, 0.4) is 0 Å². The van der Waals surface area contributed by atoms with Gasteiger partial charge in [0.1, 0.15) is 11.4 Å². The van der Waals surface area contributed by atoms with Crippen molar-refractivity contribution in [3.8, 4) is 28.5 Å². The van der Waals surface area contributed by atoms with Crippen LogP contribution in [0.5, 0.6) is 5.75 Å². The molecule has 1 aliphatic rings. The van der Waals surface area contributed by atoms with E-state index in [1.165, 1.54) is 0 Å². The Morgan fingerprint density at radius 3 is 2.47 bits per heavy atom. The molecule has 7 nitrogen and oxygen atoms in total. The number of ether oxygens (including phenoxy) is 1. The topological polar surface area (TPSA) is 70.1 Å². The fourth-order valence-electron chi connectivity index (χ4n) is 3.50. The molecule has 5 rings (SSSR count). The fraction of sp³-hybridized carbons (Fsp3) is 0.182. The molecule has 4 aromatic rings. The van der Waals surface area contributed by atoms with Gasteiger partial charge in [-0.2, -0.15) is 14.9 Å². The van der Waals surface area contributed by atoms with Gasteiger partial charge in [-0.3, -0.25) is 4.68 Å². The maximum atomic E-state index is 5.27. The molecular formula is C22H20N6OS.